The van der Waals surface area contributed by atoms with E-state index in [-0.39, 0.29) is 11.9 Å². The molecule has 1 atom stereocenters. The fraction of sp³-hybridized carbons (Fsp3) is 0.520. The van der Waals surface area contributed by atoms with E-state index < -0.39 is 0 Å². The average Bonchev–Trinajstić information content (AvgIpc) is 3.25. The van der Waals surface area contributed by atoms with Gasteiger partial charge in [-0.05, 0) is 37.0 Å². The number of benzene rings is 1. The fourth-order valence-electron chi connectivity index (χ4n) is 3.75. The Hall–Kier alpha value is -3.18. The van der Waals surface area contributed by atoms with Gasteiger partial charge in [-0.3, -0.25) is 4.79 Å². The third kappa shape index (κ3) is 7.72. The van der Waals surface area contributed by atoms with Gasteiger partial charge in [0.2, 0.25) is 11.9 Å². The number of aromatic nitrogens is 2. The molecular formula is C25H34N6O2. The first-order chi connectivity index (χ1) is 16.0. The van der Waals surface area contributed by atoms with Crippen LogP contribution in [-0.4, -0.2) is 48.2 Å². The van der Waals surface area contributed by atoms with Gasteiger partial charge in [-0.1, -0.05) is 33.3 Å². The van der Waals surface area contributed by atoms with Crippen LogP contribution in [0.4, 0.5) is 17.5 Å². The molecule has 0 saturated carbocycles. The number of hydrogen-bond acceptors (Lipinski definition) is 7. The van der Waals surface area contributed by atoms with E-state index in [0.29, 0.717) is 43.6 Å². The van der Waals surface area contributed by atoms with Gasteiger partial charge in [-0.2, -0.15) is 10.2 Å². The molecule has 1 aliphatic heterocycles. The molecule has 176 valence electrons. The highest BCUT2D eigenvalue weighted by Crippen LogP contribution is 2.23. The zero-order valence-corrected chi connectivity index (χ0v) is 19.8. The molecule has 0 aliphatic carbocycles. The highest BCUT2D eigenvalue weighted by Gasteiger charge is 2.25. The van der Waals surface area contributed by atoms with Crippen LogP contribution in [0.2, 0.25) is 0 Å². The van der Waals surface area contributed by atoms with Gasteiger partial charge in [-0.15, -0.1) is 0 Å². The van der Waals surface area contributed by atoms with Crippen LogP contribution >= 0.6 is 0 Å². The van der Waals surface area contributed by atoms with Gasteiger partial charge in [0.15, 0.2) is 0 Å². The number of carbonyl (C=O) groups excluding carboxylic acids is 1. The smallest absolute Gasteiger partial charge is 0.229 e. The Morgan fingerprint density at radius 3 is 2.94 bits per heavy atom. The van der Waals surface area contributed by atoms with Crippen molar-refractivity contribution in [3.05, 3.63) is 41.6 Å². The number of carbonyl (C=O) groups is 1. The fourth-order valence-corrected chi connectivity index (χ4v) is 3.75. The standard InChI is InChI=1S/C25H34N6O2/c1-4-6-20-14-23(30-25(28-20)29-21-8-5-7-19(13-21)15-26)31-11-9-22(16-31)27-24(32)10-12-33-17-18(2)3/h5,7-8,13-14,18,22H,4,6,9-12,16-17H2,1-3H3,(H,27,32)(H,28,29,30)/t22-/m0/s1. The summed E-state index contributed by atoms with van der Waals surface area (Å²) in [6, 6.07) is 11.5. The molecule has 0 radical (unpaired) electrons. The third-order valence-electron chi connectivity index (χ3n) is 5.32. The quantitative estimate of drug-likeness (QED) is 0.502. The van der Waals surface area contributed by atoms with Gasteiger partial charge in [0.05, 0.1) is 18.2 Å². The summed E-state index contributed by atoms with van der Waals surface area (Å²) < 4.78 is 5.52. The van der Waals surface area contributed by atoms with Crippen molar-refractivity contribution in [2.75, 3.05) is 36.5 Å². The maximum Gasteiger partial charge on any atom is 0.229 e. The predicted molar refractivity (Wildman–Crippen MR) is 130 cm³/mol. The molecule has 1 fully saturated rings. The second-order valence-corrected chi connectivity index (χ2v) is 8.83. The number of ether oxygens (including phenoxy) is 1. The summed E-state index contributed by atoms with van der Waals surface area (Å²) in [5.41, 5.74) is 2.33. The molecule has 1 aromatic carbocycles. The summed E-state index contributed by atoms with van der Waals surface area (Å²) in [6.07, 6.45) is 3.09. The number of rotatable bonds is 11. The van der Waals surface area contributed by atoms with E-state index in [1.807, 2.05) is 18.2 Å². The minimum absolute atomic E-state index is 0.0275. The summed E-state index contributed by atoms with van der Waals surface area (Å²) >= 11 is 0. The van der Waals surface area contributed by atoms with Crippen molar-refractivity contribution in [1.82, 2.24) is 15.3 Å². The number of nitrogens with zero attached hydrogens (tertiary/aromatic N) is 4. The monoisotopic (exact) mass is 450 g/mol. The SMILES string of the molecule is CCCc1cc(N2CC[C@H](NC(=O)CCOCC(C)C)C2)nc(Nc2cccc(C#N)c2)n1. The number of anilines is 3. The second kappa shape index (κ2) is 12.2. The molecule has 8 nitrogen and oxygen atoms in total. The Labute approximate surface area is 196 Å². The first-order valence-corrected chi connectivity index (χ1v) is 11.7. The summed E-state index contributed by atoms with van der Waals surface area (Å²) in [5.74, 6) is 1.86. The average molecular weight is 451 g/mol. The van der Waals surface area contributed by atoms with Crippen LogP contribution < -0.4 is 15.5 Å². The Bertz CT molecular complexity index is 972. The van der Waals surface area contributed by atoms with E-state index in [1.165, 1.54) is 0 Å². The Kier molecular flexibility index (Phi) is 9.02. The van der Waals surface area contributed by atoms with Crippen LogP contribution in [0.15, 0.2) is 30.3 Å². The summed E-state index contributed by atoms with van der Waals surface area (Å²) in [6.45, 7) is 8.97. The van der Waals surface area contributed by atoms with Gasteiger partial charge >= 0.3 is 0 Å². The molecular weight excluding hydrogens is 416 g/mol. The van der Waals surface area contributed by atoms with Gasteiger partial charge in [-0.25, -0.2) is 4.98 Å². The Balaban J connectivity index is 1.62. The van der Waals surface area contributed by atoms with Crippen molar-refractivity contribution in [3.8, 4) is 6.07 Å². The number of nitriles is 1. The molecule has 1 aliphatic rings. The highest BCUT2D eigenvalue weighted by atomic mass is 16.5. The predicted octanol–water partition coefficient (Wildman–Crippen LogP) is 3.80. The van der Waals surface area contributed by atoms with Crippen LogP contribution in [0.1, 0.15) is 51.3 Å². The number of hydrogen-bond donors (Lipinski definition) is 2. The van der Waals surface area contributed by atoms with Crippen molar-refractivity contribution in [1.29, 1.82) is 5.26 Å². The Morgan fingerprint density at radius 2 is 2.18 bits per heavy atom. The van der Waals surface area contributed by atoms with Crippen molar-refractivity contribution in [2.24, 2.45) is 5.92 Å². The maximum absolute atomic E-state index is 12.3. The minimum atomic E-state index is 0.0275. The van der Waals surface area contributed by atoms with E-state index in [4.69, 9.17) is 15.0 Å². The maximum atomic E-state index is 12.3. The van der Waals surface area contributed by atoms with Crippen LogP contribution in [0.25, 0.3) is 0 Å². The van der Waals surface area contributed by atoms with Crippen LogP contribution in [0.5, 0.6) is 0 Å². The lowest BCUT2D eigenvalue weighted by Crippen LogP contribution is -2.37. The zero-order chi connectivity index (χ0) is 23.6. The minimum Gasteiger partial charge on any atom is -0.381 e. The molecule has 0 spiro atoms. The lowest BCUT2D eigenvalue weighted by Gasteiger charge is -2.20. The second-order valence-electron chi connectivity index (χ2n) is 8.83. The lowest BCUT2D eigenvalue weighted by atomic mass is 10.2. The first-order valence-electron chi connectivity index (χ1n) is 11.7. The summed E-state index contributed by atoms with van der Waals surface area (Å²) in [5, 5.41) is 15.5. The summed E-state index contributed by atoms with van der Waals surface area (Å²) in [4.78, 5) is 23.8. The molecule has 2 heterocycles. The van der Waals surface area contributed by atoms with Gasteiger partial charge in [0.1, 0.15) is 5.82 Å². The molecule has 0 bridgehead atoms. The normalized spacial score (nSPS) is 15.5. The van der Waals surface area contributed by atoms with Crippen molar-refractivity contribution >= 4 is 23.4 Å². The van der Waals surface area contributed by atoms with E-state index in [9.17, 15) is 4.79 Å². The van der Waals surface area contributed by atoms with Gasteiger partial charge < -0.3 is 20.3 Å². The zero-order valence-electron chi connectivity index (χ0n) is 19.8. The lowest BCUT2D eigenvalue weighted by molar-refractivity contribution is -0.122. The number of aryl methyl sites for hydroxylation is 1. The van der Waals surface area contributed by atoms with Gasteiger partial charge in [0, 0.05) is 49.6 Å². The van der Waals surface area contributed by atoms with Crippen LogP contribution in [0.3, 0.4) is 0 Å². The van der Waals surface area contributed by atoms with E-state index in [2.05, 4.69) is 47.4 Å². The molecule has 33 heavy (non-hydrogen) atoms. The van der Waals surface area contributed by atoms with Crippen LogP contribution in [-0.2, 0) is 16.0 Å². The third-order valence-corrected chi connectivity index (χ3v) is 5.32. The molecule has 1 amide bonds. The topological polar surface area (TPSA) is 103 Å². The molecule has 2 aromatic rings. The van der Waals surface area contributed by atoms with Crippen molar-refractivity contribution in [3.63, 3.8) is 0 Å². The number of nitrogens with one attached hydrogen (secondary N) is 2. The number of amides is 1. The van der Waals surface area contributed by atoms with E-state index >= 15 is 0 Å². The van der Waals surface area contributed by atoms with Crippen molar-refractivity contribution in [2.45, 2.75) is 52.5 Å². The molecule has 3 rings (SSSR count). The van der Waals surface area contributed by atoms with Gasteiger partial charge in [0.25, 0.3) is 0 Å². The van der Waals surface area contributed by atoms with E-state index in [1.54, 1.807) is 12.1 Å². The highest BCUT2D eigenvalue weighted by molar-refractivity contribution is 5.76. The first kappa shape index (κ1) is 24.5. The molecule has 1 aromatic heterocycles. The molecule has 8 heteroatoms. The van der Waals surface area contributed by atoms with E-state index in [0.717, 1.165) is 43.0 Å². The molecule has 1 saturated heterocycles. The molecule has 2 N–H and O–H groups in total. The largest absolute Gasteiger partial charge is 0.381 e. The summed E-state index contributed by atoms with van der Waals surface area (Å²) in [7, 11) is 0. The molecule has 0 unspecified atom stereocenters. The van der Waals surface area contributed by atoms with Crippen LogP contribution in [0, 0.1) is 17.2 Å². The Morgan fingerprint density at radius 1 is 1.33 bits per heavy atom. The van der Waals surface area contributed by atoms with Crippen molar-refractivity contribution < 1.29 is 9.53 Å².